The number of benzene rings is 2. The van der Waals surface area contributed by atoms with Crippen LogP contribution in [0.15, 0.2) is 59.5 Å². The van der Waals surface area contributed by atoms with Crippen LogP contribution < -0.4 is 20.9 Å². The molecule has 228 valence electrons. The number of aromatic nitrogens is 2. The highest BCUT2D eigenvalue weighted by Crippen LogP contribution is 2.35. The number of hydrogen-bond donors (Lipinski definition) is 2. The zero-order valence-corrected chi connectivity index (χ0v) is 25.5. The summed E-state index contributed by atoms with van der Waals surface area (Å²) in [7, 11) is 5.33. The Bertz CT molecular complexity index is 1760. The molecular formula is C32H33FN6O4S. The monoisotopic (exact) mass is 616 g/mol. The summed E-state index contributed by atoms with van der Waals surface area (Å²) >= 11 is 1.45. The van der Waals surface area contributed by atoms with Gasteiger partial charge in [0, 0.05) is 49.5 Å². The predicted molar refractivity (Wildman–Crippen MR) is 168 cm³/mol. The van der Waals surface area contributed by atoms with E-state index in [9.17, 15) is 18.8 Å². The molecule has 1 saturated heterocycles. The molecule has 2 aromatic heterocycles. The fourth-order valence-electron chi connectivity index (χ4n) is 5.57. The summed E-state index contributed by atoms with van der Waals surface area (Å²) in [4.78, 5) is 47.8. The third-order valence-corrected chi connectivity index (χ3v) is 9.18. The molecule has 12 heteroatoms. The van der Waals surface area contributed by atoms with Crippen molar-refractivity contribution in [3.63, 3.8) is 0 Å². The lowest BCUT2D eigenvalue weighted by Crippen LogP contribution is -2.48. The van der Waals surface area contributed by atoms with E-state index in [4.69, 9.17) is 4.74 Å². The van der Waals surface area contributed by atoms with E-state index in [1.54, 1.807) is 37.3 Å². The van der Waals surface area contributed by atoms with Gasteiger partial charge in [0.1, 0.15) is 11.9 Å². The van der Waals surface area contributed by atoms with E-state index >= 15 is 0 Å². The molecule has 2 N–H and O–H groups in total. The Morgan fingerprint density at radius 3 is 2.57 bits per heavy atom. The minimum atomic E-state index is -0.786. The second-order valence-electron chi connectivity index (χ2n) is 11.2. The fourth-order valence-corrected chi connectivity index (χ4v) is 6.67. The van der Waals surface area contributed by atoms with E-state index in [2.05, 4.69) is 15.6 Å². The van der Waals surface area contributed by atoms with Gasteiger partial charge in [-0.2, -0.15) is 0 Å². The van der Waals surface area contributed by atoms with E-state index < -0.39 is 11.9 Å². The molecule has 44 heavy (non-hydrogen) atoms. The summed E-state index contributed by atoms with van der Waals surface area (Å²) in [5, 5.41) is 6.06. The van der Waals surface area contributed by atoms with Gasteiger partial charge in [-0.25, -0.2) is 14.2 Å². The SMILES string of the molecule is CN1CCN(C)[C@@H](c2ccc(Nc3nc(-c4ccc(F)c(NC(=O)Oc5cc6c(s5)CCCC6)c4)cn(C)c3=O)cc2)C1=O. The van der Waals surface area contributed by atoms with Gasteiger partial charge in [-0.1, -0.05) is 12.1 Å². The number of carbonyl (C=O) groups is 2. The van der Waals surface area contributed by atoms with Crippen LogP contribution in [0, 0.1) is 5.82 Å². The molecule has 2 aromatic carbocycles. The van der Waals surface area contributed by atoms with Gasteiger partial charge in [-0.15, -0.1) is 11.3 Å². The summed E-state index contributed by atoms with van der Waals surface area (Å²) < 4.78 is 21.6. The van der Waals surface area contributed by atoms with Gasteiger partial charge in [-0.3, -0.25) is 19.8 Å². The van der Waals surface area contributed by atoms with Crippen molar-refractivity contribution in [2.24, 2.45) is 7.05 Å². The summed E-state index contributed by atoms with van der Waals surface area (Å²) in [5.74, 6) is -0.523. The van der Waals surface area contributed by atoms with Crippen LogP contribution in [0.4, 0.5) is 26.4 Å². The van der Waals surface area contributed by atoms with Crippen molar-refractivity contribution < 1.29 is 18.7 Å². The molecule has 0 saturated carbocycles. The first-order chi connectivity index (χ1) is 21.2. The number of nitrogens with zero attached hydrogens (tertiary/aromatic N) is 4. The second kappa shape index (κ2) is 12.2. The van der Waals surface area contributed by atoms with E-state index in [1.165, 1.54) is 44.5 Å². The standard InChI is InChI=1S/C32H33FN6O4S/c1-37-14-15-38(2)30(40)28(37)19-8-11-22(12-9-19)34-29-31(41)39(3)18-25(35-29)20-10-13-23(33)24(16-20)36-32(42)43-27-17-21-6-4-5-7-26(21)44-27/h8-13,16-18,28H,4-7,14-15H2,1-3H3,(H,34,35)(H,36,42)/t28-/m0/s1. The van der Waals surface area contributed by atoms with Crippen molar-refractivity contribution >= 4 is 40.5 Å². The number of piperazine rings is 1. The molecule has 0 bridgehead atoms. The quantitative estimate of drug-likeness (QED) is 0.302. The maximum atomic E-state index is 14.7. The highest BCUT2D eigenvalue weighted by Gasteiger charge is 2.31. The van der Waals surface area contributed by atoms with E-state index in [1.807, 2.05) is 30.1 Å². The molecule has 0 spiro atoms. The average molecular weight is 617 g/mol. The lowest BCUT2D eigenvalue weighted by atomic mass is 10.00. The number of carbonyl (C=O) groups excluding carboxylic acids is 2. The maximum absolute atomic E-state index is 14.7. The molecule has 1 aliphatic heterocycles. The maximum Gasteiger partial charge on any atom is 0.417 e. The second-order valence-corrected chi connectivity index (χ2v) is 12.3. The molecule has 1 atom stereocenters. The largest absolute Gasteiger partial charge is 0.417 e. The first-order valence-electron chi connectivity index (χ1n) is 14.5. The van der Waals surface area contributed by atoms with Crippen LogP contribution in [0.1, 0.15) is 34.9 Å². The van der Waals surface area contributed by atoms with Crippen LogP contribution in [0.25, 0.3) is 11.3 Å². The Labute approximate surface area is 258 Å². The summed E-state index contributed by atoms with van der Waals surface area (Å²) in [6, 6.07) is 13.0. The van der Waals surface area contributed by atoms with E-state index in [0.717, 1.165) is 37.8 Å². The smallest absolute Gasteiger partial charge is 0.399 e. The van der Waals surface area contributed by atoms with Gasteiger partial charge >= 0.3 is 6.09 Å². The van der Waals surface area contributed by atoms with Crippen molar-refractivity contribution in [1.82, 2.24) is 19.4 Å². The van der Waals surface area contributed by atoms with Crippen LogP contribution >= 0.6 is 11.3 Å². The zero-order valence-electron chi connectivity index (χ0n) is 24.7. The minimum absolute atomic E-state index is 0.0364. The third-order valence-electron chi connectivity index (χ3n) is 8.07. The van der Waals surface area contributed by atoms with Crippen LogP contribution in [0.5, 0.6) is 5.06 Å². The van der Waals surface area contributed by atoms with E-state index in [-0.39, 0.29) is 29.0 Å². The van der Waals surface area contributed by atoms with Gasteiger partial charge in [0.25, 0.3) is 5.56 Å². The number of nitrogens with one attached hydrogen (secondary N) is 2. The molecule has 0 radical (unpaired) electrons. The van der Waals surface area contributed by atoms with Crippen molar-refractivity contribution in [2.75, 3.05) is 37.8 Å². The van der Waals surface area contributed by atoms with Crippen LogP contribution in [-0.2, 0) is 24.7 Å². The number of ether oxygens (including phenoxy) is 1. The number of amides is 2. The lowest BCUT2D eigenvalue weighted by molar-refractivity contribution is -0.139. The van der Waals surface area contributed by atoms with Gasteiger partial charge in [0.2, 0.25) is 5.91 Å². The Morgan fingerprint density at radius 1 is 1.02 bits per heavy atom. The Kier molecular flexibility index (Phi) is 8.19. The van der Waals surface area contributed by atoms with Gasteiger partial charge in [0.05, 0.1) is 11.4 Å². The normalized spacial score (nSPS) is 16.9. The van der Waals surface area contributed by atoms with Crippen molar-refractivity contribution in [3.8, 4) is 16.3 Å². The van der Waals surface area contributed by atoms with Crippen LogP contribution in [0.3, 0.4) is 0 Å². The molecule has 6 rings (SSSR count). The van der Waals surface area contributed by atoms with Crippen LogP contribution in [-0.4, -0.2) is 58.5 Å². The molecule has 0 unspecified atom stereocenters. The highest BCUT2D eigenvalue weighted by atomic mass is 32.1. The summed E-state index contributed by atoms with van der Waals surface area (Å²) in [5.41, 5.74) is 3.14. The molecule has 2 amide bonds. The zero-order chi connectivity index (χ0) is 31.0. The number of anilines is 3. The van der Waals surface area contributed by atoms with E-state index in [0.29, 0.717) is 28.6 Å². The van der Waals surface area contributed by atoms with Gasteiger partial charge in [0.15, 0.2) is 10.9 Å². The summed E-state index contributed by atoms with van der Waals surface area (Å²) in [6.07, 6.45) is 4.95. The highest BCUT2D eigenvalue weighted by molar-refractivity contribution is 7.14. The molecule has 1 fully saturated rings. The van der Waals surface area contributed by atoms with Crippen molar-refractivity contribution in [3.05, 3.63) is 86.9 Å². The number of rotatable bonds is 6. The topological polar surface area (TPSA) is 109 Å². The third kappa shape index (κ3) is 6.08. The Balaban J connectivity index is 1.19. The van der Waals surface area contributed by atoms with Crippen molar-refractivity contribution in [1.29, 1.82) is 0 Å². The Hall–Kier alpha value is -4.55. The number of thiophene rings is 1. The molecule has 1 aliphatic carbocycles. The molecule has 2 aliphatic rings. The molecule has 3 heterocycles. The van der Waals surface area contributed by atoms with Crippen LogP contribution in [0.2, 0.25) is 0 Å². The number of fused-ring (bicyclic) bond motifs is 1. The number of hydrogen-bond acceptors (Lipinski definition) is 8. The first-order valence-corrected chi connectivity index (χ1v) is 15.3. The van der Waals surface area contributed by atoms with Gasteiger partial charge in [-0.05, 0) is 80.3 Å². The minimum Gasteiger partial charge on any atom is -0.399 e. The fraction of sp³-hybridized carbons (Fsp3) is 0.312. The number of halogens is 1. The van der Waals surface area contributed by atoms with Crippen molar-refractivity contribution in [2.45, 2.75) is 31.7 Å². The first kappa shape index (κ1) is 29.5. The number of likely N-dealkylation sites (N-methyl/N-ethyl adjacent to an activating group) is 2. The average Bonchev–Trinajstić information content (AvgIpc) is 3.41. The molecular weight excluding hydrogens is 583 g/mol. The molecule has 10 nitrogen and oxygen atoms in total. The number of aryl methyl sites for hydroxylation is 3. The molecule has 4 aromatic rings. The Morgan fingerprint density at radius 2 is 1.80 bits per heavy atom. The lowest BCUT2D eigenvalue weighted by Gasteiger charge is -2.37. The van der Waals surface area contributed by atoms with Gasteiger partial charge < -0.3 is 19.5 Å². The predicted octanol–water partition coefficient (Wildman–Crippen LogP) is 5.33. The summed E-state index contributed by atoms with van der Waals surface area (Å²) in [6.45, 7) is 1.46.